The summed E-state index contributed by atoms with van der Waals surface area (Å²) >= 11 is 0. The molecule has 4 rings (SSSR count). The Morgan fingerprint density at radius 3 is 2.53 bits per heavy atom. The molecule has 32 heavy (non-hydrogen) atoms. The number of benzene rings is 2. The minimum Gasteiger partial charge on any atom is -0.369 e. The van der Waals surface area contributed by atoms with E-state index in [1.165, 1.54) is 12.1 Å². The van der Waals surface area contributed by atoms with Crippen molar-refractivity contribution in [2.45, 2.75) is 44.9 Å². The maximum absolute atomic E-state index is 13.0. The minimum atomic E-state index is -1.55. The van der Waals surface area contributed by atoms with Gasteiger partial charge in [0.15, 0.2) is 5.69 Å². The van der Waals surface area contributed by atoms with Gasteiger partial charge in [-0.2, -0.15) is 5.21 Å². The summed E-state index contributed by atoms with van der Waals surface area (Å²) in [5.41, 5.74) is 8.13. The van der Waals surface area contributed by atoms with E-state index in [1.807, 2.05) is 13.0 Å². The summed E-state index contributed by atoms with van der Waals surface area (Å²) in [6.07, 6.45) is 2.33. The zero-order valence-corrected chi connectivity index (χ0v) is 17.8. The quantitative estimate of drug-likeness (QED) is 0.201. The van der Waals surface area contributed by atoms with E-state index >= 15 is 0 Å². The van der Waals surface area contributed by atoms with Crippen LogP contribution in [0.2, 0.25) is 0 Å². The number of rotatable bonds is 7. The van der Waals surface area contributed by atoms with Gasteiger partial charge in [0, 0.05) is 29.9 Å². The molecule has 4 N–H and O–H groups in total. The second-order valence-electron chi connectivity index (χ2n) is 8.37. The number of hydrogen-bond donors (Lipinski definition) is 3. The second-order valence-corrected chi connectivity index (χ2v) is 8.37. The number of nitrogens with one attached hydrogen (secondary N) is 1. The Balaban J connectivity index is 1.68. The first-order chi connectivity index (χ1) is 15.3. The molecule has 0 bridgehead atoms. The summed E-state index contributed by atoms with van der Waals surface area (Å²) < 4.78 is -1.55. The van der Waals surface area contributed by atoms with Crippen LogP contribution in [0.15, 0.2) is 42.5 Å². The van der Waals surface area contributed by atoms with E-state index in [0.717, 1.165) is 18.4 Å². The number of quaternary nitrogens is 1. The molecule has 3 amide bonds. The zero-order valence-electron chi connectivity index (χ0n) is 17.8. The first-order valence-electron chi connectivity index (χ1n) is 10.8. The van der Waals surface area contributed by atoms with Crippen molar-refractivity contribution in [1.82, 2.24) is 4.65 Å². The molecule has 1 saturated heterocycles. The Kier molecular flexibility index (Phi) is 5.66. The number of Topliss-reactive ketones (excluding diaryl/α,β-unsaturated/α-hetero) is 1. The summed E-state index contributed by atoms with van der Waals surface area (Å²) in [5, 5.41) is 14.3. The summed E-state index contributed by atoms with van der Waals surface area (Å²) in [4.78, 5) is 50.5. The Hall–Kier alpha value is -3.36. The van der Waals surface area contributed by atoms with Gasteiger partial charge in [0.25, 0.3) is 0 Å². The van der Waals surface area contributed by atoms with E-state index in [-0.39, 0.29) is 24.3 Å². The fourth-order valence-electron chi connectivity index (χ4n) is 4.58. The first-order valence-corrected chi connectivity index (χ1v) is 10.8. The number of carbonyl (C=O) groups excluding carboxylic acids is 4. The summed E-state index contributed by atoms with van der Waals surface area (Å²) in [6, 6.07) is 11.7. The van der Waals surface area contributed by atoms with E-state index in [4.69, 9.17) is 5.73 Å². The average molecular weight is 436 g/mol. The molecule has 0 spiro atoms. The van der Waals surface area contributed by atoms with Crippen molar-refractivity contribution >= 4 is 40.6 Å². The number of hydrogen-bond acceptors (Lipinski definition) is 6. The van der Waals surface area contributed by atoms with Crippen LogP contribution in [-0.2, 0) is 19.2 Å². The molecule has 0 radical (unpaired) electrons. The highest BCUT2D eigenvalue weighted by molar-refractivity contribution is 6.21. The van der Waals surface area contributed by atoms with Crippen molar-refractivity contribution in [1.29, 1.82) is 0 Å². The Labute approximate surface area is 185 Å². The van der Waals surface area contributed by atoms with E-state index in [1.54, 1.807) is 24.3 Å². The number of amides is 3. The molecule has 0 saturated carbocycles. The van der Waals surface area contributed by atoms with Gasteiger partial charge in [0.05, 0.1) is 12.3 Å². The minimum absolute atomic E-state index is 0.0257. The molecule has 2 aromatic carbocycles. The number of imide groups is 1. The number of fused-ring (bicyclic) bond motifs is 2. The molecule has 2 heterocycles. The van der Waals surface area contributed by atoms with Crippen LogP contribution >= 0.6 is 0 Å². The van der Waals surface area contributed by atoms with Crippen LogP contribution in [0.5, 0.6) is 0 Å². The van der Waals surface area contributed by atoms with Gasteiger partial charge in [-0.15, -0.1) is 0 Å². The Morgan fingerprint density at radius 2 is 1.81 bits per heavy atom. The number of nitrogens with zero attached hydrogens (tertiary/aromatic N) is 1. The van der Waals surface area contributed by atoms with Crippen LogP contribution in [0.25, 0.3) is 0 Å². The molecule has 1 fully saturated rings. The van der Waals surface area contributed by atoms with Crippen molar-refractivity contribution < 1.29 is 24.4 Å². The van der Waals surface area contributed by atoms with Gasteiger partial charge in [-0.3, -0.25) is 9.59 Å². The van der Waals surface area contributed by atoms with E-state index in [2.05, 4.69) is 5.32 Å². The predicted octanol–water partition coefficient (Wildman–Crippen LogP) is 3.28. The summed E-state index contributed by atoms with van der Waals surface area (Å²) in [5.74, 6) is -4.28. The lowest BCUT2D eigenvalue weighted by molar-refractivity contribution is -0.169. The molecular weight excluding hydrogens is 410 g/mol. The normalized spacial score (nSPS) is 23.9. The second kappa shape index (κ2) is 8.29. The van der Waals surface area contributed by atoms with Crippen molar-refractivity contribution in [3.63, 3.8) is 0 Å². The number of ketones is 1. The van der Waals surface area contributed by atoms with Crippen LogP contribution in [-0.4, -0.2) is 28.7 Å². The third kappa shape index (κ3) is 3.41. The number of primary amides is 1. The molecule has 3 unspecified atom stereocenters. The molecule has 166 valence electrons. The number of hydroxylamine groups is 2. The van der Waals surface area contributed by atoms with Gasteiger partial charge in [0.1, 0.15) is 11.7 Å². The first kappa shape index (κ1) is 21.9. The Bertz CT molecular complexity index is 1130. The number of nitrogens with two attached hydrogens (primary N) is 1. The van der Waals surface area contributed by atoms with E-state index < -0.39 is 34.2 Å². The fourth-order valence-corrected chi connectivity index (χ4v) is 4.58. The summed E-state index contributed by atoms with van der Waals surface area (Å²) in [6.45, 7) is 2.01. The highest BCUT2D eigenvalue weighted by Crippen LogP contribution is 2.44. The summed E-state index contributed by atoms with van der Waals surface area (Å²) in [7, 11) is 0. The number of anilines is 2. The van der Waals surface area contributed by atoms with Crippen molar-refractivity contribution in [2.24, 2.45) is 11.7 Å². The van der Waals surface area contributed by atoms with Crippen LogP contribution in [0, 0.1) is 5.92 Å². The molecule has 8 nitrogen and oxygen atoms in total. The molecule has 0 aliphatic carbocycles. The van der Waals surface area contributed by atoms with Crippen LogP contribution in [0.3, 0.4) is 0 Å². The maximum atomic E-state index is 13.0. The zero-order chi connectivity index (χ0) is 23.0. The smallest absolute Gasteiger partial charge is 0.369 e. The largest absolute Gasteiger partial charge is 0.369 e. The molecule has 8 heteroatoms. The van der Waals surface area contributed by atoms with Gasteiger partial charge >= 0.3 is 11.8 Å². The molecule has 2 aliphatic heterocycles. The third-order valence-electron chi connectivity index (χ3n) is 6.32. The molecule has 0 aromatic heterocycles. The molecule has 3 atom stereocenters. The van der Waals surface area contributed by atoms with Crippen LogP contribution < -0.4 is 15.7 Å². The topological polar surface area (TPSA) is 127 Å². The van der Waals surface area contributed by atoms with Gasteiger partial charge in [0.2, 0.25) is 5.91 Å². The van der Waals surface area contributed by atoms with Crippen LogP contribution in [0.1, 0.15) is 56.1 Å². The molecule has 2 aromatic rings. The lowest BCUT2D eigenvalue weighted by atomic mass is 9.85. The molecule has 2 aliphatic rings. The number of carbonyl (C=O) groups is 4. The number of para-hydroxylation sites is 1. The third-order valence-corrected chi connectivity index (χ3v) is 6.32. The van der Waals surface area contributed by atoms with Gasteiger partial charge in [-0.05, 0) is 34.3 Å². The van der Waals surface area contributed by atoms with Gasteiger partial charge in [-0.25, -0.2) is 9.59 Å². The van der Waals surface area contributed by atoms with E-state index in [9.17, 15) is 24.4 Å². The van der Waals surface area contributed by atoms with Gasteiger partial charge < -0.3 is 11.1 Å². The average Bonchev–Trinajstić information content (AvgIpc) is 3.01. The predicted molar refractivity (Wildman–Crippen MR) is 118 cm³/mol. The van der Waals surface area contributed by atoms with Gasteiger partial charge in [-0.1, -0.05) is 38.0 Å². The van der Waals surface area contributed by atoms with Crippen molar-refractivity contribution in [3.05, 3.63) is 53.6 Å². The van der Waals surface area contributed by atoms with Crippen molar-refractivity contribution in [3.8, 4) is 0 Å². The lowest BCUT2D eigenvalue weighted by Gasteiger charge is -2.28. The highest BCUT2D eigenvalue weighted by atomic mass is 16.6. The SMILES string of the molecule is CCCCCC(=O)C1CC(=O)[N+](O)(c2ccc3c(c2)Nc2ccccc2C3C(N)=O)C1=O. The maximum Gasteiger partial charge on any atom is 0.369 e. The lowest BCUT2D eigenvalue weighted by Crippen LogP contribution is -2.52. The van der Waals surface area contributed by atoms with E-state index in [0.29, 0.717) is 23.4 Å². The van der Waals surface area contributed by atoms with Crippen molar-refractivity contribution in [2.75, 3.05) is 5.32 Å². The standard InChI is InChI=1S/C24H25N3O5/c1-2-3-4-9-20(28)17-13-21(29)27(32,24(17)31)14-10-11-16-19(12-14)26-18-8-6-5-7-15(18)22(16)23(25)30/h5-8,10-12,17,22,26,32H,2-4,9,13H2,1H3,(H-,25,30)/p+1. The highest BCUT2D eigenvalue weighted by Gasteiger charge is 2.60. The monoisotopic (exact) mass is 436 g/mol. The number of unbranched alkanes of at least 4 members (excludes halogenated alkanes) is 2. The fraction of sp³-hybridized carbons (Fsp3) is 0.333. The Morgan fingerprint density at radius 1 is 1.09 bits per heavy atom. The van der Waals surface area contributed by atoms with Crippen LogP contribution in [0.4, 0.5) is 17.1 Å². The molecular formula is C24H26N3O5+.